The monoisotopic (exact) mass is 209 g/mol. The predicted octanol–water partition coefficient (Wildman–Crippen LogP) is 3.86. The van der Waals surface area contributed by atoms with Crippen LogP contribution in [-0.2, 0) is 0 Å². The van der Waals surface area contributed by atoms with Gasteiger partial charge in [0, 0.05) is 6.04 Å². The highest BCUT2D eigenvalue weighted by molar-refractivity contribution is 4.76. The molecule has 2 rings (SSSR count). The van der Waals surface area contributed by atoms with Crippen LogP contribution in [0, 0.1) is 11.8 Å². The molecule has 0 radical (unpaired) electrons. The molecule has 2 aliphatic carbocycles. The molecule has 1 heteroatoms. The van der Waals surface area contributed by atoms with Crippen LogP contribution in [0.5, 0.6) is 0 Å². The quantitative estimate of drug-likeness (QED) is 0.731. The van der Waals surface area contributed by atoms with Crippen LogP contribution in [0.15, 0.2) is 0 Å². The van der Waals surface area contributed by atoms with Gasteiger partial charge >= 0.3 is 0 Å². The van der Waals surface area contributed by atoms with Crippen molar-refractivity contribution in [2.45, 2.75) is 76.7 Å². The first-order valence-corrected chi connectivity index (χ1v) is 7.10. The molecule has 0 aromatic rings. The van der Waals surface area contributed by atoms with Crippen molar-refractivity contribution in [2.24, 2.45) is 17.6 Å². The first-order valence-electron chi connectivity index (χ1n) is 7.10. The van der Waals surface area contributed by atoms with Crippen LogP contribution in [0.25, 0.3) is 0 Å². The SMILES string of the molecule is NC(CCC1CCCCC1)CC1CCC1. The Labute approximate surface area is 94.8 Å². The van der Waals surface area contributed by atoms with Gasteiger partial charge < -0.3 is 5.73 Å². The van der Waals surface area contributed by atoms with E-state index in [1.165, 1.54) is 70.6 Å². The highest BCUT2D eigenvalue weighted by Crippen LogP contribution is 2.32. The topological polar surface area (TPSA) is 26.0 Å². The van der Waals surface area contributed by atoms with Crippen molar-refractivity contribution in [3.05, 3.63) is 0 Å². The van der Waals surface area contributed by atoms with Crippen LogP contribution in [0.4, 0.5) is 0 Å². The molecule has 15 heavy (non-hydrogen) atoms. The van der Waals surface area contributed by atoms with Crippen LogP contribution < -0.4 is 5.73 Å². The van der Waals surface area contributed by atoms with Gasteiger partial charge in [-0.15, -0.1) is 0 Å². The molecule has 2 saturated carbocycles. The van der Waals surface area contributed by atoms with Gasteiger partial charge in [0.05, 0.1) is 0 Å². The van der Waals surface area contributed by atoms with E-state index in [0.29, 0.717) is 6.04 Å². The standard InChI is InChI=1S/C14H27N/c15-14(11-13-7-4-8-13)10-9-12-5-2-1-3-6-12/h12-14H,1-11,15H2. The first kappa shape index (κ1) is 11.4. The maximum Gasteiger partial charge on any atom is 0.00415 e. The van der Waals surface area contributed by atoms with E-state index >= 15 is 0 Å². The zero-order chi connectivity index (χ0) is 10.5. The Morgan fingerprint density at radius 3 is 2.13 bits per heavy atom. The van der Waals surface area contributed by atoms with Crippen LogP contribution in [0.1, 0.15) is 70.6 Å². The van der Waals surface area contributed by atoms with E-state index in [-0.39, 0.29) is 0 Å². The highest BCUT2D eigenvalue weighted by atomic mass is 14.6. The van der Waals surface area contributed by atoms with E-state index in [9.17, 15) is 0 Å². The molecule has 0 aromatic carbocycles. The highest BCUT2D eigenvalue weighted by Gasteiger charge is 2.21. The summed E-state index contributed by atoms with van der Waals surface area (Å²) in [6.45, 7) is 0. The average molecular weight is 209 g/mol. The summed E-state index contributed by atoms with van der Waals surface area (Å²) in [5.74, 6) is 2.01. The normalized spacial score (nSPS) is 26.2. The summed E-state index contributed by atoms with van der Waals surface area (Å²) in [6, 6.07) is 0.511. The molecule has 0 aromatic heterocycles. The number of nitrogens with two attached hydrogens (primary N) is 1. The van der Waals surface area contributed by atoms with Crippen LogP contribution in [-0.4, -0.2) is 6.04 Å². The molecule has 2 aliphatic rings. The van der Waals surface area contributed by atoms with Gasteiger partial charge in [0.1, 0.15) is 0 Å². The lowest BCUT2D eigenvalue weighted by Crippen LogP contribution is -2.27. The molecule has 1 nitrogen and oxygen atoms in total. The molecule has 0 aliphatic heterocycles. The molecule has 2 N–H and O–H groups in total. The number of hydrogen-bond donors (Lipinski definition) is 1. The van der Waals surface area contributed by atoms with E-state index in [4.69, 9.17) is 5.73 Å². The average Bonchev–Trinajstić information content (AvgIpc) is 2.22. The van der Waals surface area contributed by atoms with Crippen molar-refractivity contribution in [3.63, 3.8) is 0 Å². The summed E-state index contributed by atoms with van der Waals surface area (Å²) in [5, 5.41) is 0. The Kier molecular flexibility index (Phi) is 4.49. The van der Waals surface area contributed by atoms with Gasteiger partial charge in [-0.3, -0.25) is 0 Å². The number of hydrogen-bond acceptors (Lipinski definition) is 1. The van der Waals surface area contributed by atoms with Gasteiger partial charge in [-0.05, 0) is 31.1 Å². The van der Waals surface area contributed by atoms with Gasteiger partial charge in [-0.25, -0.2) is 0 Å². The molecular weight excluding hydrogens is 182 g/mol. The van der Waals surface area contributed by atoms with Crippen molar-refractivity contribution in [2.75, 3.05) is 0 Å². The fraction of sp³-hybridized carbons (Fsp3) is 1.00. The molecule has 88 valence electrons. The molecule has 0 spiro atoms. The van der Waals surface area contributed by atoms with Crippen molar-refractivity contribution >= 4 is 0 Å². The van der Waals surface area contributed by atoms with Crippen LogP contribution >= 0.6 is 0 Å². The van der Waals surface area contributed by atoms with Crippen LogP contribution in [0.2, 0.25) is 0 Å². The first-order chi connectivity index (χ1) is 7.34. The molecule has 0 heterocycles. The fourth-order valence-corrected chi connectivity index (χ4v) is 3.20. The van der Waals surface area contributed by atoms with E-state index in [1.807, 2.05) is 0 Å². The van der Waals surface area contributed by atoms with E-state index in [2.05, 4.69) is 0 Å². The van der Waals surface area contributed by atoms with Crippen molar-refractivity contribution in [1.82, 2.24) is 0 Å². The fourth-order valence-electron chi connectivity index (χ4n) is 3.20. The smallest absolute Gasteiger partial charge is 0.00415 e. The van der Waals surface area contributed by atoms with Crippen LogP contribution in [0.3, 0.4) is 0 Å². The largest absolute Gasteiger partial charge is 0.328 e. The van der Waals surface area contributed by atoms with E-state index in [0.717, 1.165) is 11.8 Å². The van der Waals surface area contributed by atoms with E-state index in [1.54, 1.807) is 0 Å². The zero-order valence-electron chi connectivity index (χ0n) is 10.1. The second-order valence-corrected chi connectivity index (χ2v) is 5.87. The lowest BCUT2D eigenvalue weighted by atomic mass is 9.79. The molecular formula is C14H27N. The van der Waals surface area contributed by atoms with Crippen molar-refractivity contribution in [1.29, 1.82) is 0 Å². The third-order valence-corrected chi connectivity index (χ3v) is 4.53. The van der Waals surface area contributed by atoms with Gasteiger partial charge in [0.2, 0.25) is 0 Å². The minimum absolute atomic E-state index is 0.511. The molecule has 0 saturated heterocycles. The van der Waals surface area contributed by atoms with Gasteiger partial charge in [-0.1, -0.05) is 51.4 Å². The second-order valence-electron chi connectivity index (χ2n) is 5.87. The Morgan fingerprint density at radius 2 is 1.53 bits per heavy atom. The molecule has 0 amide bonds. The Bertz CT molecular complexity index is 168. The third kappa shape index (κ3) is 3.79. The van der Waals surface area contributed by atoms with E-state index < -0.39 is 0 Å². The third-order valence-electron chi connectivity index (χ3n) is 4.53. The molecule has 0 bridgehead atoms. The lowest BCUT2D eigenvalue weighted by molar-refractivity contribution is 0.258. The predicted molar refractivity (Wildman–Crippen MR) is 65.7 cm³/mol. The van der Waals surface area contributed by atoms with Crippen molar-refractivity contribution < 1.29 is 0 Å². The van der Waals surface area contributed by atoms with Gasteiger partial charge in [0.25, 0.3) is 0 Å². The summed E-state index contributed by atoms with van der Waals surface area (Å²) >= 11 is 0. The Balaban J connectivity index is 1.55. The molecule has 1 atom stereocenters. The minimum atomic E-state index is 0.511. The maximum absolute atomic E-state index is 6.20. The van der Waals surface area contributed by atoms with Gasteiger partial charge in [0.15, 0.2) is 0 Å². The lowest BCUT2D eigenvalue weighted by Gasteiger charge is -2.29. The summed E-state index contributed by atoms with van der Waals surface area (Å²) < 4.78 is 0. The Hall–Kier alpha value is -0.0400. The second kappa shape index (κ2) is 5.89. The summed E-state index contributed by atoms with van der Waals surface area (Å²) in [7, 11) is 0. The summed E-state index contributed by atoms with van der Waals surface area (Å²) in [6.07, 6.45) is 15.8. The summed E-state index contributed by atoms with van der Waals surface area (Å²) in [5.41, 5.74) is 6.20. The minimum Gasteiger partial charge on any atom is -0.328 e. The van der Waals surface area contributed by atoms with Crippen molar-refractivity contribution in [3.8, 4) is 0 Å². The molecule has 2 fully saturated rings. The number of rotatable bonds is 5. The maximum atomic E-state index is 6.20. The molecule has 1 unspecified atom stereocenters. The van der Waals surface area contributed by atoms with Gasteiger partial charge in [-0.2, -0.15) is 0 Å². The Morgan fingerprint density at radius 1 is 0.867 bits per heavy atom. The zero-order valence-corrected chi connectivity index (χ0v) is 10.1. The summed E-state index contributed by atoms with van der Waals surface area (Å²) in [4.78, 5) is 0.